The minimum absolute atomic E-state index is 0.0417. The summed E-state index contributed by atoms with van der Waals surface area (Å²) in [6, 6.07) is 9.63. The molecule has 0 saturated carbocycles. The summed E-state index contributed by atoms with van der Waals surface area (Å²) in [7, 11) is 0. The number of aliphatic carboxylic acids is 1. The van der Waals surface area contributed by atoms with Crippen molar-refractivity contribution in [2.24, 2.45) is 11.3 Å². The molecule has 2 rings (SSSR count). The fourth-order valence-electron chi connectivity index (χ4n) is 2.63. The molecule has 0 aromatic heterocycles. The highest BCUT2D eigenvalue weighted by Crippen LogP contribution is 2.29. The predicted octanol–water partition coefficient (Wildman–Crippen LogP) is 3.56. The largest absolute Gasteiger partial charge is 0.481 e. The van der Waals surface area contributed by atoms with E-state index in [0.29, 0.717) is 0 Å². The van der Waals surface area contributed by atoms with E-state index in [2.05, 4.69) is 36.5 Å². The lowest BCUT2D eigenvalue weighted by Gasteiger charge is -2.31. The summed E-state index contributed by atoms with van der Waals surface area (Å²) in [6.07, 6.45) is 9.42. The fourth-order valence-corrected chi connectivity index (χ4v) is 2.63. The number of benzene rings is 1. The molecule has 0 fully saturated rings. The molecule has 0 radical (unpaired) electrons. The van der Waals surface area contributed by atoms with Gasteiger partial charge < -0.3 is 10.4 Å². The molecule has 0 heterocycles. The van der Waals surface area contributed by atoms with Crippen LogP contribution in [-0.4, -0.2) is 17.6 Å². The van der Waals surface area contributed by atoms with Crippen LogP contribution in [0.2, 0.25) is 0 Å². The number of nitrogens with one attached hydrogen (secondary N) is 1. The number of allylic oxidation sites excluding steroid dienone is 3. The predicted molar refractivity (Wildman–Crippen MR) is 85.0 cm³/mol. The van der Waals surface area contributed by atoms with Crippen LogP contribution in [0.25, 0.3) is 0 Å². The van der Waals surface area contributed by atoms with Crippen molar-refractivity contribution >= 4 is 5.97 Å². The quantitative estimate of drug-likeness (QED) is 0.840. The summed E-state index contributed by atoms with van der Waals surface area (Å²) in [5, 5.41) is 12.8. The molecular weight excluding hydrogens is 262 g/mol. The maximum absolute atomic E-state index is 11.4. The molecular formula is C18H23NO2. The minimum Gasteiger partial charge on any atom is -0.481 e. The van der Waals surface area contributed by atoms with Gasteiger partial charge in [-0.2, -0.15) is 0 Å². The smallest absolute Gasteiger partial charge is 0.308 e. The highest BCUT2D eigenvalue weighted by Gasteiger charge is 2.28. The molecule has 1 aliphatic carbocycles. The minimum atomic E-state index is -0.777. The van der Waals surface area contributed by atoms with E-state index in [1.165, 1.54) is 0 Å². The van der Waals surface area contributed by atoms with Crippen molar-refractivity contribution < 1.29 is 9.90 Å². The Bertz CT molecular complexity index is 535. The van der Waals surface area contributed by atoms with Gasteiger partial charge in [0.15, 0.2) is 0 Å². The Morgan fingerprint density at radius 3 is 2.62 bits per heavy atom. The third-order valence-corrected chi connectivity index (χ3v) is 4.10. The monoisotopic (exact) mass is 285 g/mol. The standard InChI is InChI=1S/C18H23NO2/c1-14(17(20)21)16(15-9-5-3-6-10-15)19-13-18(2)11-7-4-8-12-18/h3-11,14,16,19H,12-13H2,1-2H3,(H,20,21)/t14-,16-,18-/m1/s1. The first-order chi connectivity index (χ1) is 10.0. The Balaban J connectivity index is 2.11. The molecule has 0 saturated heterocycles. The second kappa shape index (κ2) is 6.72. The molecule has 1 aliphatic rings. The van der Waals surface area contributed by atoms with Gasteiger partial charge in [0.25, 0.3) is 0 Å². The zero-order valence-electron chi connectivity index (χ0n) is 12.6. The third kappa shape index (κ3) is 4.05. The number of carbonyl (C=O) groups is 1. The van der Waals surface area contributed by atoms with Crippen LogP contribution in [0.3, 0.4) is 0 Å². The number of carboxylic acid groups (broad SMARTS) is 1. The first kappa shape index (κ1) is 15.5. The summed E-state index contributed by atoms with van der Waals surface area (Å²) >= 11 is 0. The van der Waals surface area contributed by atoms with E-state index in [0.717, 1.165) is 18.5 Å². The van der Waals surface area contributed by atoms with Crippen molar-refractivity contribution in [3.05, 3.63) is 60.2 Å². The van der Waals surface area contributed by atoms with Crippen molar-refractivity contribution in [3.8, 4) is 0 Å². The van der Waals surface area contributed by atoms with E-state index in [4.69, 9.17) is 0 Å². The number of hydrogen-bond donors (Lipinski definition) is 2. The lowest BCUT2D eigenvalue weighted by Crippen LogP contribution is -2.38. The van der Waals surface area contributed by atoms with Crippen LogP contribution in [0.5, 0.6) is 0 Å². The molecule has 21 heavy (non-hydrogen) atoms. The van der Waals surface area contributed by atoms with E-state index in [1.54, 1.807) is 6.92 Å². The van der Waals surface area contributed by atoms with Gasteiger partial charge in [0, 0.05) is 18.0 Å². The van der Waals surface area contributed by atoms with Crippen LogP contribution >= 0.6 is 0 Å². The second-order valence-electron chi connectivity index (χ2n) is 6.04. The molecule has 3 atom stereocenters. The van der Waals surface area contributed by atoms with E-state index in [9.17, 15) is 9.90 Å². The Morgan fingerprint density at radius 2 is 2.05 bits per heavy atom. The van der Waals surface area contributed by atoms with Gasteiger partial charge in [-0.3, -0.25) is 4.79 Å². The Kier molecular flexibility index (Phi) is 4.97. The van der Waals surface area contributed by atoms with Gasteiger partial charge in [0.05, 0.1) is 5.92 Å². The van der Waals surface area contributed by atoms with Crippen molar-refractivity contribution in [2.75, 3.05) is 6.54 Å². The van der Waals surface area contributed by atoms with E-state index in [-0.39, 0.29) is 11.5 Å². The van der Waals surface area contributed by atoms with Gasteiger partial charge >= 0.3 is 5.97 Å². The fraction of sp³-hybridized carbons (Fsp3) is 0.389. The normalized spacial score (nSPS) is 23.7. The van der Waals surface area contributed by atoms with E-state index in [1.807, 2.05) is 30.3 Å². The summed E-state index contributed by atoms with van der Waals surface area (Å²) in [4.78, 5) is 11.4. The van der Waals surface area contributed by atoms with Gasteiger partial charge in [-0.25, -0.2) is 0 Å². The van der Waals surface area contributed by atoms with Gasteiger partial charge in [0.1, 0.15) is 0 Å². The van der Waals surface area contributed by atoms with Crippen LogP contribution < -0.4 is 5.32 Å². The number of rotatable bonds is 6. The molecule has 1 aromatic carbocycles. The summed E-state index contributed by atoms with van der Waals surface area (Å²) in [5.41, 5.74) is 1.06. The number of carboxylic acids is 1. The lowest BCUT2D eigenvalue weighted by molar-refractivity contribution is -0.142. The summed E-state index contributed by atoms with van der Waals surface area (Å²) < 4.78 is 0. The third-order valence-electron chi connectivity index (χ3n) is 4.10. The molecule has 112 valence electrons. The van der Waals surface area contributed by atoms with E-state index < -0.39 is 11.9 Å². The Hall–Kier alpha value is -1.87. The molecule has 0 unspecified atom stereocenters. The van der Waals surface area contributed by atoms with Crippen molar-refractivity contribution in [1.82, 2.24) is 5.32 Å². The maximum atomic E-state index is 11.4. The van der Waals surface area contributed by atoms with Crippen molar-refractivity contribution in [2.45, 2.75) is 26.3 Å². The average molecular weight is 285 g/mol. The Morgan fingerprint density at radius 1 is 1.33 bits per heavy atom. The second-order valence-corrected chi connectivity index (χ2v) is 6.04. The van der Waals surface area contributed by atoms with Crippen LogP contribution in [0.4, 0.5) is 0 Å². The lowest BCUT2D eigenvalue weighted by atomic mass is 9.83. The molecule has 3 heteroatoms. The number of hydrogen-bond acceptors (Lipinski definition) is 2. The van der Waals surface area contributed by atoms with E-state index >= 15 is 0 Å². The van der Waals surface area contributed by atoms with Crippen LogP contribution in [0.15, 0.2) is 54.6 Å². The molecule has 3 nitrogen and oxygen atoms in total. The first-order valence-corrected chi connectivity index (χ1v) is 7.37. The first-order valence-electron chi connectivity index (χ1n) is 7.37. The van der Waals surface area contributed by atoms with Crippen molar-refractivity contribution in [3.63, 3.8) is 0 Å². The maximum Gasteiger partial charge on any atom is 0.308 e. The zero-order valence-corrected chi connectivity index (χ0v) is 12.6. The molecule has 0 amide bonds. The van der Waals surface area contributed by atoms with Crippen LogP contribution in [0.1, 0.15) is 31.9 Å². The van der Waals surface area contributed by atoms with Gasteiger partial charge in [-0.1, -0.05) is 68.5 Å². The highest BCUT2D eigenvalue weighted by molar-refractivity contribution is 5.70. The van der Waals surface area contributed by atoms with Gasteiger partial charge in [0.2, 0.25) is 0 Å². The summed E-state index contributed by atoms with van der Waals surface area (Å²) in [6.45, 7) is 4.70. The SMILES string of the molecule is C[C@@H](C(=O)O)[C@@H](NC[C@]1(C)C=CC=CC1)c1ccccc1. The molecule has 0 bridgehead atoms. The topological polar surface area (TPSA) is 49.3 Å². The van der Waals surface area contributed by atoms with Crippen molar-refractivity contribution in [1.29, 1.82) is 0 Å². The average Bonchev–Trinajstić information content (AvgIpc) is 2.49. The van der Waals surface area contributed by atoms with Crippen LogP contribution in [-0.2, 0) is 4.79 Å². The molecule has 0 aliphatic heterocycles. The molecule has 1 aromatic rings. The zero-order chi connectivity index (χ0) is 15.3. The highest BCUT2D eigenvalue weighted by atomic mass is 16.4. The molecule has 2 N–H and O–H groups in total. The Labute approximate surface area is 126 Å². The van der Waals surface area contributed by atoms with Crippen LogP contribution in [0, 0.1) is 11.3 Å². The van der Waals surface area contributed by atoms with Gasteiger partial charge in [-0.05, 0) is 12.0 Å². The summed E-state index contributed by atoms with van der Waals surface area (Å²) in [5.74, 6) is -1.25. The molecule has 0 spiro atoms. The van der Waals surface area contributed by atoms with Gasteiger partial charge in [-0.15, -0.1) is 0 Å².